The number of amidine groups is 1. The van der Waals surface area contributed by atoms with Crippen molar-refractivity contribution < 1.29 is 5.11 Å². The zero-order valence-corrected chi connectivity index (χ0v) is 16.4. The van der Waals surface area contributed by atoms with Crippen LogP contribution in [-0.4, -0.2) is 65.6 Å². The average molecular weight is 388 g/mol. The normalized spacial score (nSPS) is 18.3. The number of aliphatic hydroxyl groups is 1. The number of nitrogens with zero attached hydrogens (tertiary/aromatic N) is 4. The number of likely N-dealkylation sites (N-methyl/N-ethyl adjacent to an activating group) is 1. The lowest BCUT2D eigenvalue weighted by Crippen LogP contribution is -2.44. The number of anilines is 2. The number of aromatic amines is 1. The van der Waals surface area contributed by atoms with Gasteiger partial charge in [0.1, 0.15) is 17.4 Å². The Bertz CT molecular complexity index is 1060. The minimum absolute atomic E-state index is 0.164. The van der Waals surface area contributed by atoms with Gasteiger partial charge in [0.2, 0.25) is 0 Å². The Labute approximate surface area is 169 Å². The van der Waals surface area contributed by atoms with Crippen LogP contribution in [-0.2, 0) is 0 Å². The Morgan fingerprint density at radius 2 is 1.66 bits per heavy atom. The van der Waals surface area contributed by atoms with E-state index in [4.69, 9.17) is 5.41 Å². The molecule has 0 saturated carbocycles. The molecule has 7 heteroatoms. The molecule has 3 N–H and O–H groups in total. The number of aliphatic hydroxyl groups excluding tert-OH is 1. The molecule has 0 atom stereocenters. The lowest BCUT2D eigenvalue weighted by Gasteiger charge is -2.34. The fourth-order valence-corrected chi connectivity index (χ4v) is 4.03. The summed E-state index contributed by atoms with van der Waals surface area (Å²) in [4.78, 5) is 14.3. The van der Waals surface area contributed by atoms with Gasteiger partial charge >= 0.3 is 0 Å². The molecule has 1 saturated heterocycles. The molecule has 29 heavy (non-hydrogen) atoms. The maximum absolute atomic E-state index is 10.6. The Morgan fingerprint density at radius 3 is 2.38 bits per heavy atom. The van der Waals surface area contributed by atoms with Crippen LogP contribution in [0.25, 0.3) is 16.6 Å². The molecular weight excluding hydrogens is 364 g/mol. The van der Waals surface area contributed by atoms with Crippen molar-refractivity contribution in [2.75, 3.05) is 49.6 Å². The molecule has 3 heterocycles. The standard InChI is InChI=1S/C22H24N6O/c1-26-10-12-27(13-11-26)15-6-8-16(9-7-15)28-14-19(29)20(21(28)23)22-24-17-4-2-3-5-18(17)25-22/h2-9,23,29H,10-14H2,1H3,(H,24,25). The number of piperazine rings is 1. The monoisotopic (exact) mass is 388 g/mol. The summed E-state index contributed by atoms with van der Waals surface area (Å²) in [5.41, 5.74) is 4.27. The van der Waals surface area contributed by atoms with E-state index in [2.05, 4.69) is 38.9 Å². The fourth-order valence-electron chi connectivity index (χ4n) is 4.03. The van der Waals surface area contributed by atoms with Crippen LogP contribution in [0.1, 0.15) is 5.82 Å². The number of nitrogens with one attached hydrogen (secondary N) is 2. The van der Waals surface area contributed by atoms with Gasteiger partial charge in [-0.15, -0.1) is 0 Å². The first-order valence-corrected chi connectivity index (χ1v) is 9.87. The van der Waals surface area contributed by atoms with E-state index in [-0.39, 0.29) is 18.1 Å². The highest BCUT2D eigenvalue weighted by molar-refractivity contribution is 6.30. The second kappa shape index (κ2) is 6.93. The average Bonchev–Trinajstić information content (AvgIpc) is 3.28. The van der Waals surface area contributed by atoms with Crippen LogP contribution in [0.4, 0.5) is 11.4 Å². The quantitative estimate of drug-likeness (QED) is 0.642. The van der Waals surface area contributed by atoms with Crippen molar-refractivity contribution in [1.29, 1.82) is 5.41 Å². The second-order valence-electron chi connectivity index (χ2n) is 7.67. The van der Waals surface area contributed by atoms with Crippen LogP contribution < -0.4 is 9.80 Å². The largest absolute Gasteiger partial charge is 0.509 e. The molecule has 7 nitrogen and oxygen atoms in total. The Kier molecular flexibility index (Phi) is 4.24. The van der Waals surface area contributed by atoms with Gasteiger partial charge in [0.25, 0.3) is 0 Å². The number of rotatable bonds is 3. The SMILES string of the molecule is CN1CCN(c2ccc(N3CC(O)=C(c4nc5ccccc5[nH]4)C3=N)cc2)CC1. The van der Waals surface area contributed by atoms with Crippen molar-refractivity contribution in [3.05, 3.63) is 60.1 Å². The number of aromatic nitrogens is 2. The number of fused-ring (bicyclic) bond motifs is 1. The molecule has 0 unspecified atom stereocenters. The molecule has 2 aromatic carbocycles. The molecule has 0 amide bonds. The Hall–Kier alpha value is -3.32. The highest BCUT2D eigenvalue weighted by Gasteiger charge is 2.31. The molecule has 2 aliphatic rings. The summed E-state index contributed by atoms with van der Waals surface area (Å²) in [6.45, 7) is 4.45. The van der Waals surface area contributed by atoms with Gasteiger partial charge < -0.3 is 24.8 Å². The van der Waals surface area contributed by atoms with Crippen molar-refractivity contribution in [3.63, 3.8) is 0 Å². The lowest BCUT2D eigenvalue weighted by molar-refractivity contribution is 0.313. The molecule has 0 radical (unpaired) electrons. The van der Waals surface area contributed by atoms with Crippen LogP contribution in [0.15, 0.2) is 54.3 Å². The lowest BCUT2D eigenvalue weighted by atomic mass is 10.2. The zero-order valence-electron chi connectivity index (χ0n) is 16.4. The third kappa shape index (κ3) is 3.13. The van der Waals surface area contributed by atoms with Crippen LogP contribution in [0.3, 0.4) is 0 Å². The van der Waals surface area contributed by atoms with Crippen molar-refractivity contribution in [3.8, 4) is 0 Å². The highest BCUT2D eigenvalue weighted by atomic mass is 16.3. The fraction of sp³-hybridized carbons (Fsp3) is 0.273. The van der Waals surface area contributed by atoms with Gasteiger partial charge in [-0.2, -0.15) is 0 Å². The topological polar surface area (TPSA) is 82.5 Å². The van der Waals surface area contributed by atoms with Gasteiger partial charge in [-0.3, -0.25) is 5.41 Å². The zero-order chi connectivity index (χ0) is 20.0. The van der Waals surface area contributed by atoms with Crippen molar-refractivity contribution >= 4 is 33.8 Å². The number of H-pyrrole nitrogens is 1. The van der Waals surface area contributed by atoms with Gasteiger partial charge in [-0.1, -0.05) is 12.1 Å². The summed E-state index contributed by atoms with van der Waals surface area (Å²) in [7, 11) is 2.15. The maximum atomic E-state index is 10.6. The summed E-state index contributed by atoms with van der Waals surface area (Å²) < 4.78 is 0. The van der Waals surface area contributed by atoms with Crippen LogP contribution in [0.5, 0.6) is 0 Å². The second-order valence-corrected chi connectivity index (χ2v) is 7.67. The summed E-state index contributed by atoms with van der Waals surface area (Å²) in [6.07, 6.45) is 0. The van der Waals surface area contributed by atoms with Crippen LogP contribution >= 0.6 is 0 Å². The van der Waals surface area contributed by atoms with Gasteiger partial charge in [0.05, 0.1) is 23.2 Å². The molecule has 2 aliphatic heterocycles. The van der Waals surface area contributed by atoms with E-state index in [0.29, 0.717) is 11.4 Å². The predicted molar refractivity (Wildman–Crippen MR) is 117 cm³/mol. The molecule has 1 aromatic heterocycles. The molecule has 5 rings (SSSR count). The van der Waals surface area contributed by atoms with Crippen molar-refractivity contribution in [1.82, 2.24) is 14.9 Å². The first kappa shape index (κ1) is 17.8. The van der Waals surface area contributed by atoms with E-state index in [0.717, 1.165) is 42.9 Å². The smallest absolute Gasteiger partial charge is 0.145 e. The van der Waals surface area contributed by atoms with Gasteiger partial charge in [-0.25, -0.2) is 4.98 Å². The van der Waals surface area contributed by atoms with Gasteiger partial charge in [-0.05, 0) is 43.4 Å². The number of hydrogen-bond acceptors (Lipinski definition) is 5. The molecule has 1 fully saturated rings. The molecular formula is C22H24N6O. The summed E-state index contributed by atoms with van der Waals surface area (Å²) in [5, 5.41) is 19.2. The van der Waals surface area contributed by atoms with Gasteiger partial charge in [0, 0.05) is 37.6 Å². The first-order chi connectivity index (χ1) is 14.1. The van der Waals surface area contributed by atoms with Crippen LogP contribution in [0, 0.1) is 5.41 Å². The Balaban J connectivity index is 1.37. The van der Waals surface area contributed by atoms with E-state index in [1.54, 1.807) is 0 Å². The number of imidazole rings is 1. The molecule has 3 aromatic rings. The molecule has 0 bridgehead atoms. The third-order valence-corrected chi connectivity index (χ3v) is 5.76. The minimum atomic E-state index is 0.164. The minimum Gasteiger partial charge on any atom is -0.509 e. The Morgan fingerprint density at radius 1 is 0.966 bits per heavy atom. The van der Waals surface area contributed by atoms with E-state index in [9.17, 15) is 5.11 Å². The molecule has 0 spiro atoms. The number of para-hydroxylation sites is 2. The third-order valence-electron chi connectivity index (χ3n) is 5.76. The molecule has 148 valence electrons. The van der Waals surface area contributed by atoms with E-state index in [1.165, 1.54) is 5.69 Å². The van der Waals surface area contributed by atoms with Gasteiger partial charge in [0.15, 0.2) is 0 Å². The number of hydrogen-bond donors (Lipinski definition) is 3. The van der Waals surface area contributed by atoms with Crippen molar-refractivity contribution in [2.24, 2.45) is 0 Å². The highest BCUT2D eigenvalue weighted by Crippen LogP contribution is 2.31. The summed E-state index contributed by atoms with van der Waals surface area (Å²) in [6, 6.07) is 16.0. The van der Waals surface area contributed by atoms with Crippen molar-refractivity contribution in [2.45, 2.75) is 0 Å². The van der Waals surface area contributed by atoms with Crippen LogP contribution in [0.2, 0.25) is 0 Å². The predicted octanol–water partition coefficient (Wildman–Crippen LogP) is 3.08. The summed E-state index contributed by atoms with van der Waals surface area (Å²) in [5.74, 6) is 0.955. The molecule has 0 aliphatic carbocycles. The van der Waals surface area contributed by atoms with E-state index < -0.39 is 0 Å². The number of benzene rings is 2. The first-order valence-electron chi connectivity index (χ1n) is 9.87. The summed E-state index contributed by atoms with van der Waals surface area (Å²) >= 11 is 0. The van der Waals surface area contributed by atoms with E-state index >= 15 is 0 Å². The van der Waals surface area contributed by atoms with E-state index in [1.807, 2.05) is 41.3 Å². The maximum Gasteiger partial charge on any atom is 0.145 e.